The summed E-state index contributed by atoms with van der Waals surface area (Å²) in [6, 6.07) is 17.7. The van der Waals surface area contributed by atoms with E-state index < -0.39 is 6.04 Å². The fourth-order valence-electron chi connectivity index (χ4n) is 6.28. The molecule has 0 aromatic heterocycles. The zero-order valence-electron chi connectivity index (χ0n) is 22.0. The number of hydrogen-bond donors (Lipinski definition) is 3. The zero-order valence-corrected chi connectivity index (χ0v) is 22.0. The normalized spacial score (nSPS) is 25.4. The fraction of sp³-hybridized carbons (Fsp3) is 0.533. The van der Waals surface area contributed by atoms with Crippen molar-refractivity contribution < 1.29 is 14.3 Å². The molecule has 1 saturated carbocycles. The number of likely N-dealkylation sites (tertiary alicyclic amines) is 1. The fourth-order valence-corrected chi connectivity index (χ4v) is 6.28. The number of amides is 2. The van der Waals surface area contributed by atoms with Crippen molar-refractivity contribution in [3.8, 4) is 16.9 Å². The summed E-state index contributed by atoms with van der Waals surface area (Å²) in [6.45, 7) is 3.21. The molecule has 2 heterocycles. The van der Waals surface area contributed by atoms with E-state index in [0.29, 0.717) is 13.1 Å². The van der Waals surface area contributed by atoms with Gasteiger partial charge in [0, 0.05) is 24.7 Å². The minimum atomic E-state index is -0.486. The number of para-hydroxylation sites is 1. The van der Waals surface area contributed by atoms with Crippen molar-refractivity contribution >= 4 is 11.8 Å². The van der Waals surface area contributed by atoms with Crippen molar-refractivity contribution in [3.63, 3.8) is 0 Å². The van der Waals surface area contributed by atoms with Crippen molar-refractivity contribution in [2.45, 2.75) is 75.7 Å². The molecule has 0 bridgehead atoms. The molecule has 5 atom stereocenters. The average Bonchev–Trinajstić information content (AvgIpc) is 3.55. The van der Waals surface area contributed by atoms with E-state index in [4.69, 9.17) is 4.74 Å². The molecule has 0 spiro atoms. The number of fused-ring (bicyclic) bond motifs is 1. The summed E-state index contributed by atoms with van der Waals surface area (Å²) in [7, 11) is 1.77. The monoisotopic (exact) mass is 504 g/mol. The van der Waals surface area contributed by atoms with Crippen LogP contribution in [-0.4, -0.2) is 67.1 Å². The third-order valence-corrected chi connectivity index (χ3v) is 8.46. The molecule has 2 aliphatic heterocycles. The lowest BCUT2D eigenvalue weighted by molar-refractivity contribution is -0.140. The third kappa shape index (κ3) is 5.53. The van der Waals surface area contributed by atoms with Gasteiger partial charge in [0.1, 0.15) is 17.9 Å². The highest BCUT2D eigenvalue weighted by molar-refractivity contribution is 5.90. The molecule has 0 radical (unpaired) electrons. The molecule has 3 fully saturated rings. The Labute approximate surface area is 220 Å². The van der Waals surface area contributed by atoms with Crippen LogP contribution in [0.25, 0.3) is 11.1 Å². The van der Waals surface area contributed by atoms with Gasteiger partial charge >= 0.3 is 0 Å². The van der Waals surface area contributed by atoms with Crippen LogP contribution in [0.2, 0.25) is 0 Å². The first-order chi connectivity index (χ1) is 18.1. The average molecular weight is 505 g/mol. The lowest BCUT2D eigenvalue weighted by Crippen LogP contribution is -2.58. The molecule has 7 heteroatoms. The summed E-state index contributed by atoms with van der Waals surface area (Å²) in [5.41, 5.74) is 2.16. The molecule has 3 aliphatic rings. The summed E-state index contributed by atoms with van der Waals surface area (Å²) in [4.78, 5) is 29.0. The van der Waals surface area contributed by atoms with Gasteiger partial charge in [-0.2, -0.15) is 0 Å². The highest BCUT2D eigenvalue weighted by Gasteiger charge is 2.49. The SMILES string of the molecule is CN[C@@H](C)C(=O)N[C@H](C(=O)N1CC[C@H]2NC[C@H](Oc3ccccc3-c3ccccc3)[C@H]21)C1CCCCC1. The van der Waals surface area contributed by atoms with Crippen LogP contribution >= 0.6 is 0 Å². The number of nitrogens with zero attached hydrogens (tertiary/aromatic N) is 1. The van der Waals surface area contributed by atoms with Gasteiger partial charge in [-0.15, -0.1) is 0 Å². The summed E-state index contributed by atoms with van der Waals surface area (Å²) in [5, 5.41) is 9.74. The summed E-state index contributed by atoms with van der Waals surface area (Å²) >= 11 is 0. The van der Waals surface area contributed by atoms with Gasteiger partial charge in [-0.25, -0.2) is 0 Å². The Balaban J connectivity index is 1.37. The van der Waals surface area contributed by atoms with E-state index in [1.165, 1.54) is 6.42 Å². The minimum absolute atomic E-state index is 0.0460. The quantitative estimate of drug-likeness (QED) is 0.514. The summed E-state index contributed by atoms with van der Waals surface area (Å²) in [5.74, 6) is 0.947. The van der Waals surface area contributed by atoms with Crippen LogP contribution in [0.5, 0.6) is 5.75 Å². The van der Waals surface area contributed by atoms with Gasteiger partial charge in [0.15, 0.2) is 0 Å². The van der Waals surface area contributed by atoms with Gasteiger partial charge in [0.05, 0.1) is 12.1 Å². The van der Waals surface area contributed by atoms with Gasteiger partial charge in [-0.05, 0) is 50.8 Å². The Hall–Kier alpha value is -2.90. The van der Waals surface area contributed by atoms with Crippen LogP contribution in [0.4, 0.5) is 0 Å². The second-order valence-corrected chi connectivity index (χ2v) is 10.7. The number of carbonyl (C=O) groups is 2. The van der Waals surface area contributed by atoms with Crippen LogP contribution in [0.3, 0.4) is 0 Å². The number of benzene rings is 2. The standard InChI is InChI=1S/C30H40N4O3/c1-20(31-2)29(35)33-27(22-13-7-4-8-14-22)30(36)34-18-17-24-28(34)26(19-32-24)37-25-16-10-9-15-23(25)21-11-5-3-6-12-21/h3,5-6,9-12,15-16,20,22,24,26-28,31-32H,4,7-8,13-14,17-19H2,1-2H3,(H,33,35)/t20-,24+,26-,27-,28-/m0/s1. The topological polar surface area (TPSA) is 82.7 Å². The van der Waals surface area contributed by atoms with Crippen molar-refractivity contribution in [1.82, 2.24) is 20.9 Å². The van der Waals surface area contributed by atoms with Crippen molar-refractivity contribution in [1.29, 1.82) is 0 Å². The molecule has 7 nitrogen and oxygen atoms in total. The molecule has 0 unspecified atom stereocenters. The van der Waals surface area contributed by atoms with Crippen LogP contribution in [-0.2, 0) is 9.59 Å². The van der Waals surface area contributed by atoms with Crippen LogP contribution < -0.4 is 20.7 Å². The first-order valence-corrected chi connectivity index (χ1v) is 13.9. The van der Waals surface area contributed by atoms with E-state index in [1.807, 2.05) is 48.2 Å². The lowest BCUT2D eigenvalue weighted by atomic mass is 9.83. The second kappa shape index (κ2) is 11.7. The molecule has 37 heavy (non-hydrogen) atoms. The lowest BCUT2D eigenvalue weighted by Gasteiger charge is -2.36. The van der Waals surface area contributed by atoms with E-state index in [9.17, 15) is 9.59 Å². The summed E-state index contributed by atoms with van der Waals surface area (Å²) < 4.78 is 6.66. The Morgan fingerprint density at radius 2 is 1.73 bits per heavy atom. The van der Waals surface area contributed by atoms with E-state index in [2.05, 4.69) is 34.1 Å². The highest BCUT2D eigenvalue weighted by atomic mass is 16.5. The van der Waals surface area contributed by atoms with Crippen LogP contribution in [0.15, 0.2) is 54.6 Å². The van der Waals surface area contributed by atoms with Crippen molar-refractivity contribution in [2.75, 3.05) is 20.1 Å². The predicted molar refractivity (Wildman–Crippen MR) is 145 cm³/mol. The number of nitrogens with one attached hydrogen (secondary N) is 3. The molecular formula is C30H40N4O3. The van der Waals surface area contributed by atoms with Crippen molar-refractivity contribution in [3.05, 3.63) is 54.6 Å². The van der Waals surface area contributed by atoms with E-state index >= 15 is 0 Å². The first kappa shape index (κ1) is 25.7. The molecule has 2 aromatic rings. The van der Waals surface area contributed by atoms with Gasteiger partial charge in [0.25, 0.3) is 0 Å². The molecule has 3 N–H and O–H groups in total. The maximum Gasteiger partial charge on any atom is 0.245 e. The van der Waals surface area contributed by atoms with Crippen LogP contribution in [0, 0.1) is 5.92 Å². The maximum atomic E-state index is 14.1. The van der Waals surface area contributed by atoms with E-state index in [-0.39, 0.29) is 42.0 Å². The highest BCUT2D eigenvalue weighted by Crippen LogP contribution is 2.35. The molecule has 5 rings (SSSR count). The number of rotatable bonds is 8. The number of likely N-dealkylation sites (N-methyl/N-ethyl adjacent to an activating group) is 1. The first-order valence-electron chi connectivity index (χ1n) is 13.9. The molecule has 198 valence electrons. The largest absolute Gasteiger partial charge is 0.486 e. The van der Waals surface area contributed by atoms with E-state index in [0.717, 1.165) is 49.0 Å². The maximum absolute atomic E-state index is 14.1. The Morgan fingerprint density at radius 1 is 1.00 bits per heavy atom. The van der Waals surface area contributed by atoms with Gasteiger partial charge < -0.3 is 25.6 Å². The zero-order chi connectivity index (χ0) is 25.8. The Kier molecular flexibility index (Phi) is 8.11. The van der Waals surface area contributed by atoms with E-state index in [1.54, 1.807) is 7.05 Å². The second-order valence-electron chi connectivity index (χ2n) is 10.7. The predicted octanol–water partition coefficient (Wildman–Crippen LogP) is 3.35. The smallest absolute Gasteiger partial charge is 0.245 e. The minimum Gasteiger partial charge on any atom is -0.486 e. The number of carbonyl (C=O) groups excluding carboxylic acids is 2. The van der Waals surface area contributed by atoms with Gasteiger partial charge in [0.2, 0.25) is 11.8 Å². The van der Waals surface area contributed by atoms with Gasteiger partial charge in [-0.1, -0.05) is 67.8 Å². The third-order valence-electron chi connectivity index (χ3n) is 8.46. The van der Waals surface area contributed by atoms with Crippen molar-refractivity contribution in [2.24, 2.45) is 5.92 Å². The van der Waals surface area contributed by atoms with Crippen LogP contribution in [0.1, 0.15) is 45.4 Å². The Morgan fingerprint density at radius 3 is 2.49 bits per heavy atom. The molecule has 2 aromatic carbocycles. The summed E-state index contributed by atoms with van der Waals surface area (Å²) in [6.07, 6.45) is 6.13. The number of ether oxygens (including phenoxy) is 1. The molecule has 2 saturated heterocycles. The number of hydrogen-bond acceptors (Lipinski definition) is 5. The Bertz CT molecular complexity index is 1070. The van der Waals surface area contributed by atoms with Gasteiger partial charge in [-0.3, -0.25) is 9.59 Å². The molecular weight excluding hydrogens is 464 g/mol. The molecule has 1 aliphatic carbocycles. The molecule has 2 amide bonds.